The predicted molar refractivity (Wildman–Crippen MR) is 121 cm³/mol. The molecule has 0 spiro atoms. The molecule has 1 aromatic heterocycles. The number of carbonyl (C=O) groups excluding carboxylic acids is 3. The molecule has 0 radical (unpaired) electrons. The van der Waals surface area contributed by atoms with Gasteiger partial charge in [0.15, 0.2) is 0 Å². The van der Waals surface area contributed by atoms with E-state index in [0.29, 0.717) is 38.6 Å². The quantitative estimate of drug-likeness (QED) is 0.398. The fourth-order valence-electron chi connectivity index (χ4n) is 4.34. The van der Waals surface area contributed by atoms with Gasteiger partial charge < -0.3 is 9.47 Å². The van der Waals surface area contributed by atoms with Crippen molar-refractivity contribution >= 4 is 34.6 Å². The normalized spacial score (nSPS) is 19.4. The van der Waals surface area contributed by atoms with Crippen LogP contribution in [0.15, 0.2) is 66.2 Å². The summed E-state index contributed by atoms with van der Waals surface area (Å²) in [6.07, 6.45) is 0.295. The molecule has 1 aliphatic heterocycles. The van der Waals surface area contributed by atoms with E-state index in [4.69, 9.17) is 9.47 Å². The van der Waals surface area contributed by atoms with Crippen LogP contribution in [0.5, 0.6) is 0 Å². The van der Waals surface area contributed by atoms with Crippen molar-refractivity contribution in [3.63, 3.8) is 0 Å². The third-order valence-corrected chi connectivity index (χ3v) is 7.01. The highest BCUT2D eigenvalue weighted by atomic mass is 32.1. The van der Waals surface area contributed by atoms with Crippen LogP contribution in [0, 0.1) is 0 Å². The van der Waals surface area contributed by atoms with Crippen molar-refractivity contribution < 1.29 is 23.9 Å². The summed E-state index contributed by atoms with van der Waals surface area (Å²) in [5, 5.41) is 0. The summed E-state index contributed by atoms with van der Waals surface area (Å²) in [6.45, 7) is 3.85. The third kappa shape index (κ3) is 3.02. The van der Waals surface area contributed by atoms with Crippen LogP contribution in [0.1, 0.15) is 50.7 Å². The van der Waals surface area contributed by atoms with Crippen LogP contribution in [0.25, 0.3) is 16.9 Å². The topological polar surface area (TPSA) is 69.7 Å². The molecule has 2 heterocycles. The van der Waals surface area contributed by atoms with Gasteiger partial charge in [-0.25, -0.2) is 4.79 Å². The summed E-state index contributed by atoms with van der Waals surface area (Å²) in [5.74, 6) is -1.30. The molecular formula is C26H20O5S. The first-order chi connectivity index (χ1) is 15.4. The number of fused-ring (bicyclic) bond motifs is 2. The molecule has 5 rings (SSSR count). The molecule has 0 N–H and O–H groups in total. The lowest BCUT2D eigenvalue weighted by Crippen LogP contribution is -2.23. The summed E-state index contributed by atoms with van der Waals surface area (Å²) < 4.78 is 11.7. The van der Waals surface area contributed by atoms with Crippen LogP contribution in [0.2, 0.25) is 0 Å². The van der Waals surface area contributed by atoms with Crippen LogP contribution >= 0.6 is 11.3 Å². The number of benzene rings is 2. The number of esters is 1. The summed E-state index contributed by atoms with van der Waals surface area (Å²) in [5.41, 5.74) is 1.86. The smallest absolute Gasteiger partial charge is 0.348 e. The molecule has 0 amide bonds. The number of rotatable bonds is 4. The third-order valence-electron chi connectivity index (χ3n) is 5.85. The molecule has 6 heteroatoms. The fourth-order valence-corrected chi connectivity index (χ4v) is 5.56. The molecule has 1 atom stereocenters. The van der Waals surface area contributed by atoms with E-state index in [-0.39, 0.29) is 12.2 Å². The van der Waals surface area contributed by atoms with Crippen molar-refractivity contribution in [3.8, 4) is 11.1 Å². The zero-order chi connectivity index (χ0) is 22.5. The van der Waals surface area contributed by atoms with E-state index in [0.717, 1.165) is 16.9 Å². The van der Waals surface area contributed by atoms with Crippen LogP contribution in [0.4, 0.5) is 0 Å². The Morgan fingerprint density at radius 1 is 1.00 bits per heavy atom. The maximum Gasteiger partial charge on any atom is 0.348 e. The molecule has 2 aromatic carbocycles. The Labute approximate surface area is 189 Å². The summed E-state index contributed by atoms with van der Waals surface area (Å²) >= 11 is 1.15. The van der Waals surface area contributed by atoms with E-state index < -0.39 is 23.1 Å². The van der Waals surface area contributed by atoms with Gasteiger partial charge in [-0.1, -0.05) is 60.7 Å². The Hall–Kier alpha value is -3.51. The highest BCUT2D eigenvalue weighted by molar-refractivity contribution is 7.16. The minimum atomic E-state index is -0.773. The Balaban J connectivity index is 1.71. The van der Waals surface area contributed by atoms with Crippen molar-refractivity contribution in [3.05, 3.63) is 87.1 Å². The lowest BCUT2D eigenvalue weighted by atomic mass is 9.84. The summed E-state index contributed by atoms with van der Waals surface area (Å²) in [7, 11) is 0. The van der Waals surface area contributed by atoms with E-state index in [1.165, 1.54) is 0 Å². The molecule has 160 valence electrons. The zero-order valence-corrected chi connectivity index (χ0v) is 18.5. The standard InChI is InChI=1S/C26H20O5S/c1-3-30-25(29)24-18(15-10-6-4-7-11-15)19-21(28)20(27)17-14-26(2,16-12-8-5-9-13-16)31-22(17)23(19)32-24/h4-13H,3,14H2,1-2H3. The number of ketones is 2. The van der Waals surface area contributed by atoms with E-state index in [1.807, 2.05) is 67.6 Å². The van der Waals surface area contributed by atoms with Crippen molar-refractivity contribution in [2.75, 3.05) is 6.61 Å². The molecule has 5 nitrogen and oxygen atoms in total. The SMILES string of the molecule is CCOC(=O)c1sc2c(c1-c1ccccc1)C(=O)C(=O)C1=C2OC(C)(c2ccccc2)C1. The highest BCUT2D eigenvalue weighted by Crippen LogP contribution is 2.52. The minimum Gasteiger partial charge on any atom is -0.481 e. The molecule has 0 fully saturated rings. The van der Waals surface area contributed by atoms with Gasteiger partial charge in [0.25, 0.3) is 0 Å². The van der Waals surface area contributed by atoms with Gasteiger partial charge in [-0.15, -0.1) is 11.3 Å². The number of ether oxygens (including phenoxy) is 2. The molecule has 32 heavy (non-hydrogen) atoms. The van der Waals surface area contributed by atoms with Crippen LogP contribution in [-0.2, 0) is 19.9 Å². The van der Waals surface area contributed by atoms with Gasteiger partial charge >= 0.3 is 5.97 Å². The van der Waals surface area contributed by atoms with Gasteiger partial charge in [0.05, 0.1) is 22.6 Å². The number of hydrogen-bond acceptors (Lipinski definition) is 6. The Morgan fingerprint density at radius 2 is 1.66 bits per heavy atom. The van der Waals surface area contributed by atoms with Gasteiger partial charge in [0.2, 0.25) is 11.6 Å². The van der Waals surface area contributed by atoms with E-state index in [9.17, 15) is 14.4 Å². The molecule has 0 saturated heterocycles. The largest absolute Gasteiger partial charge is 0.481 e. The van der Waals surface area contributed by atoms with E-state index >= 15 is 0 Å². The lowest BCUT2D eigenvalue weighted by Gasteiger charge is -2.25. The fraction of sp³-hybridized carbons (Fsp3) is 0.192. The first-order valence-electron chi connectivity index (χ1n) is 10.4. The second-order valence-corrected chi connectivity index (χ2v) is 8.96. The van der Waals surface area contributed by atoms with Gasteiger partial charge in [-0.3, -0.25) is 9.59 Å². The molecule has 2 aliphatic rings. The van der Waals surface area contributed by atoms with Crippen LogP contribution < -0.4 is 0 Å². The molecule has 3 aromatic rings. The minimum absolute atomic E-state index is 0.207. The average Bonchev–Trinajstić information content (AvgIpc) is 3.39. The molecular weight excluding hydrogens is 424 g/mol. The lowest BCUT2D eigenvalue weighted by molar-refractivity contribution is -0.112. The van der Waals surface area contributed by atoms with E-state index in [1.54, 1.807) is 6.92 Å². The number of Topliss-reactive ketones (excluding diaryl/α,β-unsaturated/α-hetero) is 2. The van der Waals surface area contributed by atoms with Gasteiger partial charge in [-0.2, -0.15) is 0 Å². The maximum atomic E-state index is 13.3. The predicted octanol–water partition coefficient (Wildman–Crippen LogP) is 5.40. The van der Waals surface area contributed by atoms with Crippen molar-refractivity contribution in [2.24, 2.45) is 0 Å². The summed E-state index contributed by atoms with van der Waals surface area (Å²) in [4.78, 5) is 40.1. The van der Waals surface area contributed by atoms with Crippen LogP contribution in [0.3, 0.4) is 0 Å². The molecule has 1 aliphatic carbocycles. The van der Waals surface area contributed by atoms with Crippen molar-refractivity contribution in [2.45, 2.75) is 25.9 Å². The van der Waals surface area contributed by atoms with Gasteiger partial charge in [0, 0.05) is 12.0 Å². The average molecular weight is 445 g/mol. The Kier molecular flexibility index (Phi) is 4.82. The van der Waals surface area contributed by atoms with E-state index in [2.05, 4.69) is 0 Å². The number of carbonyl (C=O) groups is 3. The Morgan fingerprint density at radius 3 is 2.31 bits per heavy atom. The summed E-state index contributed by atoms with van der Waals surface area (Å²) in [6, 6.07) is 18.8. The van der Waals surface area contributed by atoms with Gasteiger partial charge in [0.1, 0.15) is 16.2 Å². The molecule has 0 saturated carbocycles. The zero-order valence-electron chi connectivity index (χ0n) is 17.6. The van der Waals surface area contributed by atoms with Crippen molar-refractivity contribution in [1.29, 1.82) is 0 Å². The Bertz CT molecular complexity index is 1290. The number of hydrogen-bond donors (Lipinski definition) is 0. The number of thiophene rings is 1. The molecule has 1 unspecified atom stereocenters. The second kappa shape index (κ2) is 7.57. The first kappa shape index (κ1) is 20.4. The maximum absolute atomic E-state index is 13.3. The highest BCUT2D eigenvalue weighted by Gasteiger charge is 2.49. The van der Waals surface area contributed by atoms with Gasteiger partial charge in [-0.05, 0) is 25.0 Å². The van der Waals surface area contributed by atoms with Crippen LogP contribution in [-0.4, -0.2) is 24.1 Å². The monoisotopic (exact) mass is 444 g/mol. The first-order valence-corrected chi connectivity index (χ1v) is 11.2. The molecule has 0 bridgehead atoms. The van der Waals surface area contributed by atoms with Crippen molar-refractivity contribution in [1.82, 2.24) is 0 Å². The second-order valence-electron chi connectivity index (χ2n) is 7.94.